The van der Waals surface area contributed by atoms with Gasteiger partial charge in [0, 0.05) is 25.5 Å². The molecule has 0 unspecified atom stereocenters. The Morgan fingerprint density at radius 1 is 1.11 bits per heavy atom. The van der Waals surface area contributed by atoms with Gasteiger partial charge in [-0.05, 0) is 36.3 Å². The summed E-state index contributed by atoms with van der Waals surface area (Å²) < 4.78 is 0. The third-order valence-electron chi connectivity index (χ3n) is 4.45. The van der Waals surface area contributed by atoms with Crippen LogP contribution in [0.15, 0.2) is 113 Å². The maximum absolute atomic E-state index is 13.1. The van der Waals surface area contributed by atoms with E-state index in [-0.39, 0.29) is 5.91 Å². The van der Waals surface area contributed by atoms with E-state index < -0.39 is 0 Å². The Balaban J connectivity index is 1.67. The third-order valence-corrected chi connectivity index (χ3v) is 5.60. The lowest BCUT2D eigenvalue weighted by Gasteiger charge is -2.28. The van der Waals surface area contributed by atoms with Crippen molar-refractivity contribution in [2.45, 2.75) is 6.42 Å². The highest BCUT2D eigenvalue weighted by Gasteiger charge is 2.23. The molecule has 0 atom stereocenters. The van der Waals surface area contributed by atoms with E-state index in [1.165, 1.54) is 5.57 Å². The highest BCUT2D eigenvalue weighted by atomic mass is 32.2. The van der Waals surface area contributed by atoms with Gasteiger partial charge in [0.1, 0.15) is 10.7 Å². The van der Waals surface area contributed by atoms with Crippen LogP contribution in [0.1, 0.15) is 6.42 Å². The molecule has 0 saturated heterocycles. The van der Waals surface area contributed by atoms with Crippen LogP contribution < -0.4 is 0 Å². The minimum absolute atomic E-state index is 0.0509. The SMILES string of the molecule is CN(C(=O)C1=CC=C=C(SCC2=CCC=CC=C2)N1C)C1=C/C=C/C=C/C=C1. The van der Waals surface area contributed by atoms with E-state index in [9.17, 15) is 4.79 Å². The number of likely N-dealkylation sites (N-methyl/N-ethyl adjacent to an activating group) is 2. The number of nitrogens with zero attached hydrogens (tertiary/aromatic N) is 2. The van der Waals surface area contributed by atoms with Crippen molar-refractivity contribution in [3.63, 3.8) is 0 Å². The van der Waals surface area contributed by atoms with Crippen molar-refractivity contribution in [2.75, 3.05) is 19.8 Å². The van der Waals surface area contributed by atoms with Gasteiger partial charge in [0.2, 0.25) is 0 Å². The fraction of sp³-hybridized carbons (Fsp3) is 0.167. The summed E-state index contributed by atoms with van der Waals surface area (Å²) in [5, 5.41) is 0.941. The zero-order valence-electron chi connectivity index (χ0n) is 16.2. The zero-order valence-corrected chi connectivity index (χ0v) is 17.0. The summed E-state index contributed by atoms with van der Waals surface area (Å²) in [5.74, 6) is 0.797. The topological polar surface area (TPSA) is 23.6 Å². The second kappa shape index (κ2) is 9.84. The maximum Gasteiger partial charge on any atom is 0.274 e. The van der Waals surface area contributed by atoms with Gasteiger partial charge in [0.15, 0.2) is 0 Å². The van der Waals surface area contributed by atoms with E-state index in [0.717, 1.165) is 22.9 Å². The molecule has 0 aromatic carbocycles. The molecule has 28 heavy (non-hydrogen) atoms. The second-order valence-electron chi connectivity index (χ2n) is 6.40. The molecule has 3 nitrogen and oxygen atoms in total. The Bertz CT molecular complexity index is 932. The zero-order chi connectivity index (χ0) is 19.8. The minimum Gasteiger partial charge on any atom is -0.328 e. The smallest absolute Gasteiger partial charge is 0.274 e. The van der Waals surface area contributed by atoms with Gasteiger partial charge in [0.05, 0.1) is 0 Å². The number of hydrogen-bond acceptors (Lipinski definition) is 3. The molecule has 3 rings (SSSR count). The molecule has 0 radical (unpaired) electrons. The van der Waals surface area contributed by atoms with E-state index in [1.807, 2.05) is 66.6 Å². The van der Waals surface area contributed by atoms with Gasteiger partial charge >= 0.3 is 0 Å². The molecule has 0 fully saturated rings. The molecule has 0 saturated carbocycles. The summed E-state index contributed by atoms with van der Waals surface area (Å²) in [6.45, 7) is 0. The molecule has 0 spiro atoms. The molecule has 4 heteroatoms. The fourth-order valence-electron chi connectivity index (χ4n) is 2.81. The van der Waals surface area contributed by atoms with Crippen molar-refractivity contribution in [3.05, 3.63) is 113 Å². The van der Waals surface area contributed by atoms with E-state index in [1.54, 1.807) is 23.7 Å². The molecule has 1 amide bonds. The van der Waals surface area contributed by atoms with Gasteiger partial charge in [0.25, 0.3) is 5.91 Å². The average Bonchev–Trinajstić information content (AvgIpc) is 2.95. The quantitative estimate of drug-likeness (QED) is 0.619. The average molecular weight is 389 g/mol. The van der Waals surface area contributed by atoms with Crippen molar-refractivity contribution in [3.8, 4) is 0 Å². The molecule has 0 N–H and O–H groups in total. The lowest BCUT2D eigenvalue weighted by atomic mass is 10.2. The first kappa shape index (κ1) is 19.8. The summed E-state index contributed by atoms with van der Waals surface area (Å²) in [6, 6.07) is 0. The first-order valence-corrected chi connectivity index (χ1v) is 10.2. The Labute approximate surface area is 171 Å². The Morgan fingerprint density at radius 3 is 2.79 bits per heavy atom. The van der Waals surface area contributed by atoms with Crippen molar-refractivity contribution in [1.29, 1.82) is 0 Å². The summed E-state index contributed by atoms with van der Waals surface area (Å²) in [6.07, 6.45) is 28.8. The van der Waals surface area contributed by atoms with E-state index in [2.05, 4.69) is 36.1 Å². The lowest BCUT2D eigenvalue weighted by Crippen LogP contribution is -2.33. The monoisotopic (exact) mass is 388 g/mol. The molecule has 0 aromatic heterocycles. The fourth-order valence-corrected chi connectivity index (χ4v) is 3.78. The van der Waals surface area contributed by atoms with Gasteiger partial charge < -0.3 is 9.80 Å². The van der Waals surface area contributed by atoms with Crippen LogP contribution in [0.4, 0.5) is 0 Å². The van der Waals surface area contributed by atoms with Crippen LogP contribution in [-0.4, -0.2) is 35.6 Å². The lowest BCUT2D eigenvalue weighted by molar-refractivity contribution is -0.125. The van der Waals surface area contributed by atoms with Crippen LogP contribution in [0.5, 0.6) is 0 Å². The molecular formula is C24H24N2OS. The van der Waals surface area contributed by atoms with E-state index >= 15 is 0 Å². The molecule has 142 valence electrons. The van der Waals surface area contributed by atoms with Crippen molar-refractivity contribution >= 4 is 17.7 Å². The number of rotatable bonds is 5. The Hall–Kier alpha value is -2.94. The largest absolute Gasteiger partial charge is 0.328 e. The first-order valence-electron chi connectivity index (χ1n) is 9.22. The molecular weight excluding hydrogens is 364 g/mol. The van der Waals surface area contributed by atoms with Crippen LogP contribution in [0, 0.1) is 0 Å². The summed E-state index contributed by atoms with van der Waals surface area (Å²) in [5.41, 5.74) is 6.02. The minimum atomic E-state index is -0.0509. The van der Waals surface area contributed by atoms with Crippen LogP contribution in [0.25, 0.3) is 0 Å². The number of amides is 1. The van der Waals surface area contributed by atoms with Gasteiger partial charge in [-0.1, -0.05) is 78.3 Å². The number of carbonyl (C=O) groups is 1. The predicted octanol–water partition coefficient (Wildman–Crippen LogP) is 5.01. The Kier molecular flexibility index (Phi) is 6.96. The Morgan fingerprint density at radius 2 is 1.89 bits per heavy atom. The van der Waals surface area contributed by atoms with E-state index in [4.69, 9.17) is 0 Å². The van der Waals surface area contributed by atoms with Crippen LogP contribution in [-0.2, 0) is 4.79 Å². The summed E-state index contributed by atoms with van der Waals surface area (Å²) in [7, 11) is 3.72. The van der Waals surface area contributed by atoms with Gasteiger partial charge in [-0.15, -0.1) is 0 Å². The maximum atomic E-state index is 13.1. The molecule has 1 heterocycles. The van der Waals surface area contributed by atoms with Gasteiger partial charge in [-0.3, -0.25) is 4.79 Å². The summed E-state index contributed by atoms with van der Waals surface area (Å²) in [4.78, 5) is 16.7. The first-order chi connectivity index (χ1) is 13.7. The van der Waals surface area contributed by atoms with Crippen LogP contribution >= 0.6 is 11.8 Å². The number of carbonyl (C=O) groups excluding carboxylic acids is 1. The molecule has 0 aromatic rings. The predicted molar refractivity (Wildman–Crippen MR) is 119 cm³/mol. The van der Waals surface area contributed by atoms with Crippen LogP contribution in [0.2, 0.25) is 0 Å². The molecule has 3 aliphatic rings. The molecule has 0 bridgehead atoms. The normalized spacial score (nSPS) is 20.3. The van der Waals surface area contributed by atoms with Crippen molar-refractivity contribution < 1.29 is 4.79 Å². The van der Waals surface area contributed by atoms with Gasteiger partial charge in [-0.25, -0.2) is 0 Å². The van der Waals surface area contributed by atoms with Crippen molar-refractivity contribution in [2.24, 2.45) is 0 Å². The van der Waals surface area contributed by atoms with Gasteiger partial charge in [-0.2, -0.15) is 0 Å². The standard InChI is InChI=1S/C24H24N2OS/c1-25(21-15-10-4-3-5-11-16-21)24(27)22-17-12-18-23(26(22)2)28-19-20-13-8-6-7-9-14-20/h3-8,10-17H,9,19H2,1-2H3/b4-3+,5-3?,10-4?,11-5+,15-10?,16-11?,21-15?,21-16?. The highest BCUT2D eigenvalue weighted by Crippen LogP contribution is 2.28. The second-order valence-corrected chi connectivity index (χ2v) is 7.37. The summed E-state index contributed by atoms with van der Waals surface area (Å²) >= 11 is 1.69. The third kappa shape index (κ3) is 5.07. The number of thioether (sulfide) groups is 1. The number of allylic oxidation sites excluding steroid dienone is 14. The van der Waals surface area contributed by atoms with Crippen LogP contribution in [0.3, 0.4) is 0 Å². The molecule has 1 aliphatic heterocycles. The number of hydrogen-bond donors (Lipinski definition) is 0. The highest BCUT2D eigenvalue weighted by molar-refractivity contribution is 8.03. The van der Waals surface area contributed by atoms with Crippen molar-refractivity contribution in [1.82, 2.24) is 9.80 Å². The molecule has 2 aliphatic carbocycles. The van der Waals surface area contributed by atoms with E-state index in [0.29, 0.717) is 5.70 Å².